The molecule has 0 radical (unpaired) electrons. The first-order valence-corrected chi connectivity index (χ1v) is 6.93. The van der Waals surface area contributed by atoms with E-state index in [0.29, 0.717) is 9.90 Å². The fourth-order valence-electron chi connectivity index (χ4n) is 2.00. The van der Waals surface area contributed by atoms with Crippen LogP contribution in [0.25, 0.3) is 10.4 Å². The second-order valence-electron chi connectivity index (χ2n) is 3.99. The molecule has 1 N–H and O–H groups in total. The third-order valence-electron chi connectivity index (χ3n) is 2.75. The minimum Gasteiger partial charge on any atom is -0.478 e. The van der Waals surface area contributed by atoms with E-state index >= 15 is 0 Å². The number of aromatic carboxylic acids is 1. The van der Waals surface area contributed by atoms with Gasteiger partial charge in [-0.05, 0) is 35.7 Å². The predicted molar refractivity (Wildman–Crippen MR) is 75.7 cm³/mol. The monoisotopic (exact) mass is 280 g/mol. The Morgan fingerprint density at radius 3 is 2.67 bits per heavy atom. The highest BCUT2D eigenvalue weighted by Crippen LogP contribution is 2.34. The van der Waals surface area contributed by atoms with Gasteiger partial charge in [0.05, 0.1) is 9.90 Å². The van der Waals surface area contributed by atoms with E-state index in [4.69, 9.17) is 11.6 Å². The molecule has 0 unspecified atom stereocenters. The summed E-state index contributed by atoms with van der Waals surface area (Å²) in [4.78, 5) is 12.3. The lowest BCUT2D eigenvalue weighted by Crippen LogP contribution is -2.03. The molecule has 4 heteroatoms. The second-order valence-corrected chi connectivity index (χ2v) is 5.71. The molecule has 0 aliphatic heterocycles. The predicted octanol–water partition coefficient (Wildman–Crippen LogP) is 4.72. The van der Waals surface area contributed by atoms with Crippen LogP contribution < -0.4 is 0 Å². The lowest BCUT2D eigenvalue weighted by atomic mass is 9.96. The average molecular weight is 281 g/mol. The molecule has 18 heavy (non-hydrogen) atoms. The first kappa shape index (κ1) is 13.1. The quantitative estimate of drug-likeness (QED) is 0.880. The number of benzene rings is 1. The van der Waals surface area contributed by atoms with Gasteiger partial charge in [0.25, 0.3) is 0 Å². The third-order valence-corrected chi connectivity index (χ3v) is 4.01. The highest BCUT2D eigenvalue weighted by Gasteiger charge is 2.15. The second kappa shape index (κ2) is 5.55. The summed E-state index contributed by atoms with van der Waals surface area (Å²) in [6.45, 7) is 2.05. The van der Waals surface area contributed by atoms with Gasteiger partial charge < -0.3 is 5.11 Å². The minimum atomic E-state index is -0.872. The zero-order chi connectivity index (χ0) is 13.1. The SMILES string of the molecule is CCCc1c(C(=O)O)cccc1-c1ccc(Cl)s1. The first-order chi connectivity index (χ1) is 8.63. The molecule has 2 rings (SSSR count). The van der Waals surface area contributed by atoms with Crippen LogP contribution in [0.5, 0.6) is 0 Å². The largest absolute Gasteiger partial charge is 0.478 e. The van der Waals surface area contributed by atoms with Crippen molar-refractivity contribution in [3.63, 3.8) is 0 Å². The van der Waals surface area contributed by atoms with Crippen molar-refractivity contribution in [1.82, 2.24) is 0 Å². The maximum Gasteiger partial charge on any atom is 0.335 e. The molecule has 0 bridgehead atoms. The van der Waals surface area contributed by atoms with Crippen molar-refractivity contribution in [1.29, 1.82) is 0 Å². The van der Waals surface area contributed by atoms with E-state index in [1.165, 1.54) is 11.3 Å². The first-order valence-electron chi connectivity index (χ1n) is 5.74. The van der Waals surface area contributed by atoms with Crippen molar-refractivity contribution in [2.24, 2.45) is 0 Å². The molecule has 0 fully saturated rings. The van der Waals surface area contributed by atoms with E-state index < -0.39 is 5.97 Å². The van der Waals surface area contributed by atoms with Crippen LogP contribution in [0.15, 0.2) is 30.3 Å². The van der Waals surface area contributed by atoms with Gasteiger partial charge in [0.1, 0.15) is 0 Å². The van der Waals surface area contributed by atoms with E-state index in [1.54, 1.807) is 12.1 Å². The molecule has 0 saturated heterocycles. The van der Waals surface area contributed by atoms with Crippen LogP contribution in [0.3, 0.4) is 0 Å². The molecular weight excluding hydrogens is 268 g/mol. The summed E-state index contributed by atoms with van der Waals surface area (Å²) >= 11 is 7.42. The fourth-order valence-corrected chi connectivity index (χ4v) is 3.09. The number of thiophene rings is 1. The van der Waals surface area contributed by atoms with Gasteiger partial charge in [-0.15, -0.1) is 11.3 Å². The lowest BCUT2D eigenvalue weighted by Gasteiger charge is -2.10. The summed E-state index contributed by atoms with van der Waals surface area (Å²) < 4.78 is 0.716. The highest BCUT2D eigenvalue weighted by atomic mass is 35.5. The Hall–Kier alpha value is -1.32. The molecule has 0 spiro atoms. The number of halogens is 1. The average Bonchev–Trinajstić information content (AvgIpc) is 2.76. The molecule has 2 nitrogen and oxygen atoms in total. The Kier molecular flexibility index (Phi) is 4.04. The number of rotatable bonds is 4. The lowest BCUT2D eigenvalue weighted by molar-refractivity contribution is 0.0695. The van der Waals surface area contributed by atoms with Crippen LogP contribution >= 0.6 is 22.9 Å². The number of carboxylic acid groups (broad SMARTS) is 1. The van der Waals surface area contributed by atoms with Crippen LogP contribution in [-0.2, 0) is 6.42 Å². The van der Waals surface area contributed by atoms with Crippen molar-refractivity contribution in [2.75, 3.05) is 0 Å². The molecule has 0 atom stereocenters. The van der Waals surface area contributed by atoms with Crippen LogP contribution in [0.2, 0.25) is 4.34 Å². The molecule has 0 aliphatic carbocycles. The van der Waals surface area contributed by atoms with Gasteiger partial charge in [-0.1, -0.05) is 37.1 Å². The van der Waals surface area contributed by atoms with Gasteiger partial charge in [0.2, 0.25) is 0 Å². The van der Waals surface area contributed by atoms with Gasteiger partial charge in [0.15, 0.2) is 0 Å². The molecule has 1 heterocycles. The molecule has 2 aromatic rings. The molecule has 0 aliphatic rings. The van der Waals surface area contributed by atoms with E-state index in [9.17, 15) is 9.90 Å². The Morgan fingerprint density at radius 2 is 2.11 bits per heavy atom. The maximum atomic E-state index is 11.3. The van der Waals surface area contributed by atoms with Gasteiger partial charge in [-0.3, -0.25) is 0 Å². The summed E-state index contributed by atoms with van der Waals surface area (Å²) in [7, 11) is 0. The molecule has 1 aromatic heterocycles. The third kappa shape index (κ3) is 2.57. The standard InChI is InChI=1S/C14H13ClO2S/c1-2-4-9-10(12-7-8-13(15)18-12)5-3-6-11(9)14(16)17/h3,5-8H,2,4H2,1H3,(H,16,17). The number of hydrogen-bond acceptors (Lipinski definition) is 2. The van der Waals surface area contributed by atoms with Gasteiger partial charge >= 0.3 is 5.97 Å². The van der Waals surface area contributed by atoms with Crippen LogP contribution in [0.1, 0.15) is 29.3 Å². The van der Waals surface area contributed by atoms with E-state index in [2.05, 4.69) is 0 Å². The van der Waals surface area contributed by atoms with Crippen molar-refractivity contribution in [2.45, 2.75) is 19.8 Å². The van der Waals surface area contributed by atoms with E-state index in [1.807, 2.05) is 25.1 Å². The molecule has 1 aromatic carbocycles. The molecule has 0 saturated carbocycles. The van der Waals surface area contributed by atoms with E-state index in [-0.39, 0.29) is 0 Å². The Morgan fingerprint density at radius 1 is 1.33 bits per heavy atom. The fraction of sp³-hybridized carbons (Fsp3) is 0.214. The normalized spacial score (nSPS) is 10.6. The Bertz CT molecular complexity index is 575. The van der Waals surface area contributed by atoms with Gasteiger partial charge in [-0.25, -0.2) is 4.79 Å². The minimum absolute atomic E-state index is 0.388. The number of carboxylic acids is 1. The van der Waals surface area contributed by atoms with Crippen molar-refractivity contribution in [3.05, 3.63) is 45.8 Å². The van der Waals surface area contributed by atoms with Crippen LogP contribution in [-0.4, -0.2) is 11.1 Å². The smallest absolute Gasteiger partial charge is 0.335 e. The Balaban J connectivity index is 2.59. The van der Waals surface area contributed by atoms with Crippen molar-refractivity contribution >= 4 is 28.9 Å². The topological polar surface area (TPSA) is 37.3 Å². The summed E-state index contributed by atoms with van der Waals surface area (Å²) in [5.74, 6) is -0.872. The van der Waals surface area contributed by atoms with Gasteiger partial charge in [0, 0.05) is 4.88 Å². The van der Waals surface area contributed by atoms with Crippen molar-refractivity contribution in [3.8, 4) is 10.4 Å². The summed E-state index contributed by atoms with van der Waals surface area (Å²) in [6, 6.07) is 9.18. The Labute approximate surface area is 115 Å². The van der Waals surface area contributed by atoms with Crippen LogP contribution in [0, 0.1) is 0 Å². The number of carbonyl (C=O) groups is 1. The zero-order valence-electron chi connectivity index (χ0n) is 9.94. The molecular formula is C14H13ClO2S. The zero-order valence-corrected chi connectivity index (χ0v) is 11.5. The summed E-state index contributed by atoms with van der Waals surface area (Å²) in [5.41, 5.74) is 2.26. The summed E-state index contributed by atoms with van der Waals surface area (Å²) in [6.07, 6.45) is 1.67. The van der Waals surface area contributed by atoms with Gasteiger partial charge in [-0.2, -0.15) is 0 Å². The number of hydrogen-bond donors (Lipinski definition) is 1. The van der Waals surface area contributed by atoms with Crippen LogP contribution in [0.4, 0.5) is 0 Å². The van der Waals surface area contributed by atoms with Crippen molar-refractivity contribution < 1.29 is 9.90 Å². The van der Waals surface area contributed by atoms with E-state index in [0.717, 1.165) is 28.8 Å². The molecule has 94 valence electrons. The molecule has 0 amide bonds. The summed E-state index contributed by atoms with van der Waals surface area (Å²) in [5, 5.41) is 9.25. The maximum absolute atomic E-state index is 11.3. The highest BCUT2D eigenvalue weighted by molar-refractivity contribution is 7.19.